The molecule has 2 rings (SSSR count). The molecular formula is C21H29N3O5S2. The third-order valence-electron chi connectivity index (χ3n) is 4.50. The first-order valence-electron chi connectivity index (χ1n) is 9.83. The number of sulfonamides is 2. The molecule has 3 N–H and O–H groups in total. The number of nitrogens with one attached hydrogen (secondary N) is 3. The van der Waals surface area contributed by atoms with Crippen LogP contribution in [0, 0.1) is 0 Å². The minimum absolute atomic E-state index is 0.0396. The van der Waals surface area contributed by atoms with Crippen LogP contribution >= 0.6 is 0 Å². The zero-order valence-electron chi connectivity index (χ0n) is 18.1. The third-order valence-corrected chi connectivity index (χ3v) is 7.28. The van der Waals surface area contributed by atoms with Crippen molar-refractivity contribution in [2.24, 2.45) is 0 Å². The normalized spacial score (nSPS) is 12.4. The molecule has 0 heterocycles. The van der Waals surface area contributed by atoms with E-state index < -0.39 is 20.0 Å². The van der Waals surface area contributed by atoms with Crippen molar-refractivity contribution in [1.29, 1.82) is 0 Å². The molecule has 0 saturated heterocycles. The first-order chi connectivity index (χ1) is 14.3. The van der Waals surface area contributed by atoms with E-state index in [1.165, 1.54) is 19.1 Å². The molecule has 0 fully saturated rings. The van der Waals surface area contributed by atoms with Crippen LogP contribution in [0.3, 0.4) is 0 Å². The topological polar surface area (TPSA) is 121 Å². The van der Waals surface area contributed by atoms with Crippen molar-refractivity contribution in [1.82, 2.24) is 4.72 Å². The number of amides is 1. The van der Waals surface area contributed by atoms with Gasteiger partial charge >= 0.3 is 0 Å². The predicted octanol–water partition coefficient (Wildman–Crippen LogP) is 3.05. The van der Waals surface area contributed by atoms with Crippen LogP contribution in [0.25, 0.3) is 0 Å². The Bertz CT molecular complexity index is 1100. The van der Waals surface area contributed by atoms with E-state index in [-0.39, 0.29) is 34.9 Å². The monoisotopic (exact) mass is 467 g/mol. The second-order valence-electron chi connectivity index (χ2n) is 8.05. The van der Waals surface area contributed by atoms with Crippen LogP contribution in [0.2, 0.25) is 0 Å². The largest absolute Gasteiger partial charge is 0.326 e. The molecule has 2 aromatic carbocycles. The van der Waals surface area contributed by atoms with E-state index in [1.54, 1.807) is 36.4 Å². The van der Waals surface area contributed by atoms with Crippen LogP contribution < -0.4 is 14.8 Å². The van der Waals surface area contributed by atoms with E-state index >= 15 is 0 Å². The number of hydrogen-bond donors (Lipinski definition) is 3. The number of anilines is 2. The second-order valence-corrected chi connectivity index (χ2v) is 11.8. The molecule has 0 aliphatic carbocycles. The Morgan fingerprint density at radius 2 is 1.42 bits per heavy atom. The van der Waals surface area contributed by atoms with Crippen molar-refractivity contribution < 1.29 is 21.6 Å². The van der Waals surface area contributed by atoms with Crippen LogP contribution in [-0.4, -0.2) is 35.0 Å². The van der Waals surface area contributed by atoms with Crippen molar-refractivity contribution in [3.63, 3.8) is 0 Å². The number of rotatable bonds is 9. The molecular weight excluding hydrogens is 438 g/mol. The average Bonchev–Trinajstić information content (AvgIpc) is 2.68. The summed E-state index contributed by atoms with van der Waals surface area (Å²) < 4.78 is 52.8. The van der Waals surface area contributed by atoms with Gasteiger partial charge in [-0.25, -0.2) is 21.6 Å². The first-order valence-corrected chi connectivity index (χ1v) is 13.0. The molecule has 0 unspecified atom stereocenters. The minimum atomic E-state index is -3.71. The molecule has 31 heavy (non-hydrogen) atoms. The van der Waals surface area contributed by atoms with Gasteiger partial charge in [0.2, 0.25) is 26.0 Å². The molecule has 0 aliphatic rings. The van der Waals surface area contributed by atoms with Gasteiger partial charge in [0.25, 0.3) is 0 Å². The molecule has 0 saturated carbocycles. The quantitative estimate of drug-likeness (QED) is 0.523. The van der Waals surface area contributed by atoms with Gasteiger partial charge in [-0.15, -0.1) is 0 Å². The molecule has 8 nitrogen and oxygen atoms in total. The van der Waals surface area contributed by atoms with Crippen LogP contribution in [0.4, 0.5) is 11.4 Å². The third kappa shape index (κ3) is 7.64. The van der Waals surface area contributed by atoms with Gasteiger partial charge < -0.3 is 5.32 Å². The lowest BCUT2D eigenvalue weighted by molar-refractivity contribution is -0.116. The molecule has 0 radical (unpaired) electrons. The molecule has 10 heteroatoms. The van der Waals surface area contributed by atoms with Gasteiger partial charge in [-0.1, -0.05) is 32.9 Å². The van der Waals surface area contributed by atoms with Gasteiger partial charge in [-0.3, -0.25) is 9.52 Å². The van der Waals surface area contributed by atoms with Crippen molar-refractivity contribution in [2.45, 2.75) is 44.4 Å². The highest BCUT2D eigenvalue weighted by Gasteiger charge is 2.17. The molecule has 0 bridgehead atoms. The lowest BCUT2D eigenvalue weighted by atomic mass is 9.87. The summed E-state index contributed by atoms with van der Waals surface area (Å²) in [6.07, 6.45) is -0.0521. The van der Waals surface area contributed by atoms with Crippen molar-refractivity contribution >= 4 is 37.3 Å². The Kier molecular flexibility index (Phi) is 7.85. The highest BCUT2D eigenvalue weighted by molar-refractivity contribution is 7.92. The van der Waals surface area contributed by atoms with Gasteiger partial charge in [0.05, 0.1) is 10.6 Å². The van der Waals surface area contributed by atoms with E-state index in [4.69, 9.17) is 0 Å². The average molecular weight is 468 g/mol. The fourth-order valence-electron chi connectivity index (χ4n) is 2.61. The number of carbonyl (C=O) groups excluding carboxylic acids is 1. The first kappa shape index (κ1) is 24.8. The van der Waals surface area contributed by atoms with Crippen molar-refractivity contribution in [2.75, 3.05) is 22.3 Å². The van der Waals surface area contributed by atoms with Gasteiger partial charge in [0.15, 0.2) is 0 Å². The summed E-state index contributed by atoms with van der Waals surface area (Å²) >= 11 is 0. The summed E-state index contributed by atoms with van der Waals surface area (Å²) in [5.41, 5.74) is 1.82. The standard InChI is InChI=1S/C21H29N3O5S2/c1-5-30(26,27)24-18-10-8-17(9-11-18)23-20(25)14-15-22-31(28,29)19-12-6-16(7-13-19)21(2,3)4/h6-13,22,24H,5,14-15H2,1-4H3,(H,23,25). The fourth-order valence-corrected chi connectivity index (χ4v) is 4.28. The predicted molar refractivity (Wildman–Crippen MR) is 123 cm³/mol. The van der Waals surface area contributed by atoms with E-state index in [0.717, 1.165) is 5.56 Å². The van der Waals surface area contributed by atoms with Crippen molar-refractivity contribution in [3.8, 4) is 0 Å². The highest BCUT2D eigenvalue weighted by Crippen LogP contribution is 2.23. The van der Waals surface area contributed by atoms with Crippen LogP contribution in [0.1, 0.15) is 39.7 Å². The van der Waals surface area contributed by atoms with Crippen LogP contribution in [0.5, 0.6) is 0 Å². The number of benzene rings is 2. The molecule has 0 aliphatic heterocycles. The van der Waals surface area contributed by atoms with E-state index in [0.29, 0.717) is 11.4 Å². The summed E-state index contributed by atoms with van der Waals surface area (Å²) in [4.78, 5) is 12.2. The van der Waals surface area contributed by atoms with Gasteiger partial charge in [0, 0.05) is 24.3 Å². The molecule has 170 valence electrons. The van der Waals surface area contributed by atoms with Crippen molar-refractivity contribution in [3.05, 3.63) is 54.1 Å². The summed E-state index contributed by atoms with van der Waals surface area (Å²) in [6.45, 7) is 7.62. The number of hydrogen-bond acceptors (Lipinski definition) is 5. The molecule has 2 aromatic rings. The smallest absolute Gasteiger partial charge is 0.240 e. The van der Waals surface area contributed by atoms with Gasteiger partial charge in [-0.05, 0) is 54.3 Å². The lowest BCUT2D eigenvalue weighted by Crippen LogP contribution is -2.28. The molecule has 0 aromatic heterocycles. The SMILES string of the molecule is CCS(=O)(=O)Nc1ccc(NC(=O)CCNS(=O)(=O)c2ccc(C(C)(C)C)cc2)cc1. The maximum absolute atomic E-state index is 12.4. The maximum atomic E-state index is 12.4. The Morgan fingerprint density at radius 1 is 0.871 bits per heavy atom. The summed E-state index contributed by atoms with van der Waals surface area (Å²) in [5.74, 6) is -0.407. The molecule has 0 atom stereocenters. The lowest BCUT2D eigenvalue weighted by Gasteiger charge is -2.19. The van der Waals surface area contributed by atoms with Gasteiger partial charge in [0.1, 0.15) is 0 Å². The van der Waals surface area contributed by atoms with E-state index in [9.17, 15) is 21.6 Å². The maximum Gasteiger partial charge on any atom is 0.240 e. The Hall–Kier alpha value is -2.43. The minimum Gasteiger partial charge on any atom is -0.326 e. The van der Waals surface area contributed by atoms with Crippen LogP contribution in [-0.2, 0) is 30.3 Å². The summed E-state index contributed by atoms with van der Waals surface area (Å²) in [5, 5.41) is 2.65. The van der Waals surface area contributed by atoms with Gasteiger partial charge in [-0.2, -0.15) is 0 Å². The second kappa shape index (κ2) is 9.80. The number of carbonyl (C=O) groups is 1. The Labute approximate surface area is 184 Å². The molecule has 0 spiro atoms. The summed E-state index contributed by atoms with van der Waals surface area (Å²) in [7, 11) is -7.08. The highest BCUT2D eigenvalue weighted by atomic mass is 32.2. The zero-order valence-corrected chi connectivity index (χ0v) is 19.7. The van der Waals surface area contributed by atoms with E-state index in [1.807, 2.05) is 20.8 Å². The van der Waals surface area contributed by atoms with E-state index in [2.05, 4.69) is 14.8 Å². The Balaban J connectivity index is 1.87. The molecule has 1 amide bonds. The Morgan fingerprint density at radius 3 is 1.94 bits per heavy atom. The fraction of sp³-hybridized carbons (Fsp3) is 0.381. The zero-order chi connectivity index (χ0) is 23.3. The van der Waals surface area contributed by atoms with Crippen LogP contribution in [0.15, 0.2) is 53.4 Å². The summed E-state index contributed by atoms with van der Waals surface area (Å²) in [6, 6.07) is 12.9.